The molecule has 0 bridgehead atoms. The lowest BCUT2D eigenvalue weighted by molar-refractivity contribution is 0.163. The third kappa shape index (κ3) is 4.34. The molecule has 1 unspecified atom stereocenters. The molecule has 0 amide bonds. The zero-order valence-corrected chi connectivity index (χ0v) is 10.7. The van der Waals surface area contributed by atoms with Gasteiger partial charge in [0.05, 0.1) is 6.10 Å². The van der Waals surface area contributed by atoms with Crippen molar-refractivity contribution < 1.29 is 10.2 Å². The number of hydrogen-bond acceptors (Lipinski definition) is 4. The van der Waals surface area contributed by atoms with E-state index in [4.69, 9.17) is 5.73 Å². The van der Waals surface area contributed by atoms with E-state index in [9.17, 15) is 10.2 Å². The molecule has 17 heavy (non-hydrogen) atoms. The fourth-order valence-corrected chi connectivity index (χ4v) is 1.50. The summed E-state index contributed by atoms with van der Waals surface area (Å²) in [6.07, 6.45) is -0.597. The molecular formula is C13H22N2O2. The van der Waals surface area contributed by atoms with E-state index in [0.29, 0.717) is 12.1 Å². The van der Waals surface area contributed by atoms with Gasteiger partial charge in [-0.1, -0.05) is 6.07 Å². The summed E-state index contributed by atoms with van der Waals surface area (Å²) < 4.78 is 0. The summed E-state index contributed by atoms with van der Waals surface area (Å²) in [6, 6.07) is 5.02. The normalized spacial score (nSPS) is 13.7. The van der Waals surface area contributed by atoms with Crippen molar-refractivity contribution >= 4 is 0 Å². The molecule has 0 heterocycles. The van der Waals surface area contributed by atoms with Gasteiger partial charge in [0.1, 0.15) is 5.75 Å². The molecule has 0 aromatic heterocycles. The van der Waals surface area contributed by atoms with Crippen LogP contribution in [0.15, 0.2) is 18.2 Å². The maximum Gasteiger partial charge on any atom is 0.120 e. The maximum absolute atomic E-state index is 10.0. The van der Waals surface area contributed by atoms with E-state index in [1.54, 1.807) is 18.2 Å². The minimum absolute atomic E-state index is 0.0331. The number of aliphatic hydroxyl groups excluding tert-OH is 1. The number of benzene rings is 1. The molecule has 4 heteroatoms. The highest BCUT2D eigenvalue weighted by atomic mass is 16.3. The highest BCUT2D eigenvalue weighted by Gasteiger charge is 2.14. The summed E-state index contributed by atoms with van der Waals surface area (Å²) in [5, 5.41) is 22.7. The molecule has 0 spiro atoms. The SMILES string of the molecule is CC(C)(C)NCC(O)c1ccc(O)c(CN)c1. The van der Waals surface area contributed by atoms with Crippen LogP contribution < -0.4 is 11.1 Å². The van der Waals surface area contributed by atoms with E-state index in [0.717, 1.165) is 5.56 Å². The Balaban J connectivity index is 2.72. The molecule has 0 aliphatic heterocycles. The fraction of sp³-hybridized carbons (Fsp3) is 0.538. The van der Waals surface area contributed by atoms with Crippen LogP contribution in [0.5, 0.6) is 5.75 Å². The van der Waals surface area contributed by atoms with Crippen molar-refractivity contribution in [2.45, 2.75) is 39.0 Å². The first-order valence-electron chi connectivity index (χ1n) is 5.78. The number of β-amino-alcohol motifs (C(OH)–C–C–N with tert-alkyl or cyclic N) is 1. The van der Waals surface area contributed by atoms with E-state index in [2.05, 4.69) is 5.32 Å². The average molecular weight is 238 g/mol. The van der Waals surface area contributed by atoms with Crippen molar-refractivity contribution in [2.24, 2.45) is 5.73 Å². The zero-order chi connectivity index (χ0) is 13.1. The lowest BCUT2D eigenvalue weighted by Gasteiger charge is -2.23. The van der Waals surface area contributed by atoms with Crippen LogP contribution in [0.1, 0.15) is 38.0 Å². The van der Waals surface area contributed by atoms with Crippen LogP contribution in [-0.4, -0.2) is 22.3 Å². The molecule has 96 valence electrons. The standard InChI is InChI=1S/C13H22N2O2/c1-13(2,3)15-8-12(17)9-4-5-11(16)10(6-9)7-14/h4-6,12,15-17H,7-8,14H2,1-3H3. The van der Waals surface area contributed by atoms with Crippen LogP contribution in [0.25, 0.3) is 0 Å². The first-order chi connectivity index (χ1) is 7.83. The molecule has 1 aromatic carbocycles. The molecule has 0 saturated heterocycles. The number of nitrogens with two attached hydrogens (primary N) is 1. The van der Waals surface area contributed by atoms with Gasteiger partial charge in [-0.05, 0) is 38.5 Å². The number of aliphatic hydroxyl groups is 1. The van der Waals surface area contributed by atoms with Crippen LogP contribution in [0.3, 0.4) is 0 Å². The summed E-state index contributed by atoms with van der Waals surface area (Å²) in [4.78, 5) is 0. The van der Waals surface area contributed by atoms with Crippen LogP contribution >= 0.6 is 0 Å². The molecule has 0 radical (unpaired) electrons. The lowest BCUT2D eigenvalue weighted by Crippen LogP contribution is -2.38. The number of hydrogen-bond donors (Lipinski definition) is 4. The van der Waals surface area contributed by atoms with E-state index < -0.39 is 6.10 Å². The predicted molar refractivity (Wildman–Crippen MR) is 68.7 cm³/mol. The van der Waals surface area contributed by atoms with Gasteiger partial charge in [0, 0.05) is 24.2 Å². The van der Waals surface area contributed by atoms with Gasteiger partial charge >= 0.3 is 0 Å². The van der Waals surface area contributed by atoms with Gasteiger partial charge in [0.15, 0.2) is 0 Å². The third-order valence-corrected chi connectivity index (χ3v) is 2.53. The van der Waals surface area contributed by atoms with Crippen LogP contribution in [0.2, 0.25) is 0 Å². The minimum atomic E-state index is -0.597. The van der Waals surface area contributed by atoms with E-state index >= 15 is 0 Å². The largest absolute Gasteiger partial charge is 0.508 e. The van der Waals surface area contributed by atoms with Crippen molar-refractivity contribution in [3.8, 4) is 5.75 Å². The Hall–Kier alpha value is -1.10. The molecule has 1 aromatic rings. The quantitative estimate of drug-likeness (QED) is 0.637. The van der Waals surface area contributed by atoms with Crippen molar-refractivity contribution in [3.63, 3.8) is 0 Å². The topological polar surface area (TPSA) is 78.5 Å². The van der Waals surface area contributed by atoms with Gasteiger partial charge in [0.25, 0.3) is 0 Å². The molecule has 0 aliphatic rings. The molecular weight excluding hydrogens is 216 g/mol. The number of phenols is 1. The number of phenolic OH excluding ortho intramolecular Hbond substituents is 1. The number of nitrogens with one attached hydrogen (secondary N) is 1. The molecule has 1 rings (SSSR count). The second-order valence-corrected chi connectivity index (χ2v) is 5.24. The Morgan fingerprint density at radius 2 is 2.00 bits per heavy atom. The van der Waals surface area contributed by atoms with Gasteiger partial charge in [-0.25, -0.2) is 0 Å². The summed E-state index contributed by atoms with van der Waals surface area (Å²) in [5.41, 5.74) is 6.89. The highest BCUT2D eigenvalue weighted by molar-refractivity contribution is 5.36. The molecule has 0 fully saturated rings. The van der Waals surface area contributed by atoms with Gasteiger partial charge in [0.2, 0.25) is 0 Å². The van der Waals surface area contributed by atoms with Crippen LogP contribution in [0, 0.1) is 0 Å². The van der Waals surface area contributed by atoms with Crippen molar-refractivity contribution in [1.82, 2.24) is 5.32 Å². The van der Waals surface area contributed by atoms with Crippen molar-refractivity contribution in [3.05, 3.63) is 29.3 Å². The molecule has 4 nitrogen and oxygen atoms in total. The van der Waals surface area contributed by atoms with E-state index in [1.165, 1.54) is 0 Å². The van der Waals surface area contributed by atoms with Crippen LogP contribution in [0.4, 0.5) is 0 Å². The maximum atomic E-state index is 10.0. The summed E-state index contributed by atoms with van der Waals surface area (Å²) in [7, 11) is 0. The second kappa shape index (κ2) is 5.49. The summed E-state index contributed by atoms with van der Waals surface area (Å²) in [6.45, 7) is 6.86. The number of aromatic hydroxyl groups is 1. The molecule has 0 saturated carbocycles. The third-order valence-electron chi connectivity index (χ3n) is 2.53. The Bertz CT molecular complexity index is 372. The highest BCUT2D eigenvalue weighted by Crippen LogP contribution is 2.22. The Morgan fingerprint density at radius 3 is 2.53 bits per heavy atom. The predicted octanol–water partition coefficient (Wildman–Crippen LogP) is 1.27. The second-order valence-electron chi connectivity index (χ2n) is 5.24. The summed E-state index contributed by atoms with van der Waals surface area (Å²) in [5.74, 6) is 0.173. The molecule has 0 aliphatic carbocycles. The summed E-state index contributed by atoms with van der Waals surface area (Å²) >= 11 is 0. The Morgan fingerprint density at radius 1 is 1.35 bits per heavy atom. The Kier molecular flexibility index (Phi) is 4.51. The number of rotatable bonds is 4. The van der Waals surface area contributed by atoms with Gasteiger partial charge < -0.3 is 21.3 Å². The van der Waals surface area contributed by atoms with E-state index in [-0.39, 0.29) is 17.8 Å². The lowest BCUT2D eigenvalue weighted by atomic mass is 10.0. The monoisotopic (exact) mass is 238 g/mol. The minimum Gasteiger partial charge on any atom is -0.508 e. The molecule has 1 atom stereocenters. The Labute approximate surface area is 102 Å². The van der Waals surface area contributed by atoms with E-state index in [1.807, 2.05) is 20.8 Å². The van der Waals surface area contributed by atoms with Crippen molar-refractivity contribution in [1.29, 1.82) is 0 Å². The molecule has 5 N–H and O–H groups in total. The average Bonchev–Trinajstić information content (AvgIpc) is 2.25. The fourth-order valence-electron chi connectivity index (χ4n) is 1.50. The van der Waals surface area contributed by atoms with Crippen LogP contribution in [-0.2, 0) is 6.54 Å². The van der Waals surface area contributed by atoms with Gasteiger partial charge in [-0.3, -0.25) is 0 Å². The van der Waals surface area contributed by atoms with Gasteiger partial charge in [-0.2, -0.15) is 0 Å². The first kappa shape index (κ1) is 14.0. The van der Waals surface area contributed by atoms with Crippen molar-refractivity contribution in [2.75, 3.05) is 6.54 Å². The van der Waals surface area contributed by atoms with Gasteiger partial charge in [-0.15, -0.1) is 0 Å². The zero-order valence-electron chi connectivity index (χ0n) is 10.7. The first-order valence-corrected chi connectivity index (χ1v) is 5.78. The smallest absolute Gasteiger partial charge is 0.120 e.